The van der Waals surface area contributed by atoms with E-state index in [1.165, 1.54) is 4.90 Å². The molecule has 1 aliphatic rings. The number of nitrogens with zero attached hydrogens (tertiary/aromatic N) is 3. The van der Waals surface area contributed by atoms with Crippen molar-refractivity contribution in [2.45, 2.75) is 46.7 Å². The van der Waals surface area contributed by atoms with Crippen molar-refractivity contribution in [2.75, 3.05) is 11.5 Å². The van der Waals surface area contributed by atoms with Gasteiger partial charge in [-0.05, 0) is 74.4 Å². The summed E-state index contributed by atoms with van der Waals surface area (Å²) in [6.07, 6.45) is 1.28. The van der Waals surface area contributed by atoms with Crippen molar-refractivity contribution in [3.05, 3.63) is 75.2 Å². The molecule has 0 atom stereocenters. The van der Waals surface area contributed by atoms with Gasteiger partial charge < -0.3 is 5.11 Å². The number of aliphatic hydroxyl groups is 1. The Morgan fingerprint density at radius 1 is 0.853 bits per heavy atom. The number of aryl methyl sites for hydroxylation is 4. The number of anilines is 1. The Morgan fingerprint density at radius 2 is 1.50 bits per heavy atom. The van der Waals surface area contributed by atoms with Crippen LogP contribution in [0.25, 0.3) is 21.8 Å². The summed E-state index contributed by atoms with van der Waals surface area (Å²) in [6, 6.07) is 12.9. The Hall–Kier alpha value is -3.71. The van der Waals surface area contributed by atoms with Crippen LogP contribution in [0.3, 0.4) is 0 Å². The van der Waals surface area contributed by atoms with Crippen molar-refractivity contribution in [1.29, 1.82) is 0 Å². The van der Waals surface area contributed by atoms with Gasteiger partial charge in [-0.25, -0.2) is 9.69 Å². The second-order valence-corrected chi connectivity index (χ2v) is 8.67. The summed E-state index contributed by atoms with van der Waals surface area (Å²) in [5.41, 5.74) is 4.62. The van der Waals surface area contributed by atoms with Gasteiger partial charge in [0.05, 0.1) is 16.7 Å². The first kappa shape index (κ1) is 22.1. The van der Waals surface area contributed by atoms with Crippen LogP contribution >= 0.6 is 0 Å². The van der Waals surface area contributed by atoms with E-state index in [1.54, 1.807) is 27.3 Å². The van der Waals surface area contributed by atoms with Crippen molar-refractivity contribution in [3.63, 3.8) is 0 Å². The molecule has 2 heterocycles. The highest BCUT2D eigenvalue weighted by Gasteiger charge is 2.35. The maximum absolute atomic E-state index is 13.7. The predicted octanol–water partition coefficient (Wildman–Crippen LogP) is 4.03. The minimum Gasteiger partial charge on any atom is -0.396 e. The van der Waals surface area contributed by atoms with Crippen molar-refractivity contribution < 1.29 is 14.7 Å². The summed E-state index contributed by atoms with van der Waals surface area (Å²) in [6.45, 7) is 6.80. The molecule has 0 fully saturated rings. The van der Waals surface area contributed by atoms with Crippen molar-refractivity contribution in [2.24, 2.45) is 0 Å². The van der Waals surface area contributed by atoms with Gasteiger partial charge in [0.1, 0.15) is 0 Å². The number of amides is 2. The molecule has 2 amide bonds. The fraction of sp³-hybridized carbons (Fsp3) is 0.296. The zero-order chi connectivity index (χ0) is 24.1. The molecule has 3 aromatic carbocycles. The summed E-state index contributed by atoms with van der Waals surface area (Å²) in [5, 5.41) is 10.8. The number of rotatable bonds is 6. The second kappa shape index (κ2) is 8.25. The summed E-state index contributed by atoms with van der Waals surface area (Å²) >= 11 is 0. The molecule has 1 N–H and O–H groups in total. The SMILES string of the molecule is CCn1c(=O)n(CC)c2cc(N3C(=O)c4cccc5c(CCCO)ccc(c45)C3=O)c(C)cc21. The molecule has 1 aromatic heterocycles. The van der Waals surface area contributed by atoms with Gasteiger partial charge in [-0.2, -0.15) is 0 Å². The van der Waals surface area contributed by atoms with Crippen LogP contribution in [0.5, 0.6) is 0 Å². The molecule has 0 aliphatic carbocycles. The lowest BCUT2D eigenvalue weighted by Gasteiger charge is -2.29. The van der Waals surface area contributed by atoms with Gasteiger partial charge >= 0.3 is 5.69 Å². The number of imidazole rings is 1. The quantitative estimate of drug-likeness (QED) is 0.443. The number of imide groups is 1. The fourth-order valence-corrected chi connectivity index (χ4v) is 5.17. The third-order valence-corrected chi connectivity index (χ3v) is 6.81. The van der Waals surface area contributed by atoms with Gasteiger partial charge in [0.25, 0.3) is 11.8 Å². The smallest absolute Gasteiger partial charge is 0.329 e. The maximum Gasteiger partial charge on any atom is 0.329 e. The van der Waals surface area contributed by atoms with Crippen LogP contribution in [0.1, 0.15) is 52.1 Å². The molecule has 7 heteroatoms. The van der Waals surface area contributed by atoms with Gasteiger partial charge in [0.15, 0.2) is 0 Å². The monoisotopic (exact) mass is 457 g/mol. The molecular weight excluding hydrogens is 430 g/mol. The van der Waals surface area contributed by atoms with Crippen LogP contribution < -0.4 is 10.6 Å². The highest BCUT2D eigenvalue weighted by atomic mass is 16.3. The molecule has 4 aromatic rings. The molecule has 0 radical (unpaired) electrons. The zero-order valence-electron chi connectivity index (χ0n) is 19.6. The average Bonchev–Trinajstić information content (AvgIpc) is 3.10. The molecule has 174 valence electrons. The van der Waals surface area contributed by atoms with E-state index in [9.17, 15) is 19.5 Å². The van der Waals surface area contributed by atoms with Crippen LogP contribution in [0.15, 0.2) is 47.3 Å². The second-order valence-electron chi connectivity index (χ2n) is 8.67. The fourth-order valence-electron chi connectivity index (χ4n) is 5.17. The first-order chi connectivity index (χ1) is 16.4. The first-order valence-corrected chi connectivity index (χ1v) is 11.7. The number of hydrogen-bond donors (Lipinski definition) is 1. The molecule has 1 aliphatic heterocycles. The highest BCUT2D eigenvalue weighted by Crippen LogP contribution is 2.37. The molecule has 7 nitrogen and oxygen atoms in total. The lowest BCUT2D eigenvalue weighted by molar-refractivity contribution is 0.0893. The number of hydrogen-bond acceptors (Lipinski definition) is 4. The van der Waals surface area contributed by atoms with Crippen LogP contribution in [0.4, 0.5) is 5.69 Å². The highest BCUT2D eigenvalue weighted by molar-refractivity contribution is 6.36. The van der Waals surface area contributed by atoms with Gasteiger partial charge in [0.2, 0.25) is 0 Å². The normalized spacial score (nSPS) is 13.5. The molecule has 0 saturated carbocycles. The summed E-state index contributed by atoms with van der Waals surface area (Å²) in [7, 11) is 0. The zero-order valence-corrected chi connectivity index (χ0v) is 19.6. The Balaban J connectivity index is 1.72. The molecule has 0 unspecified atom stereocenters. The largest absolute Gasteiger partial charge is 0.396 e. The Kier molecular flexibility index (Phi) is 5.37. The van der Waals surface area contributed by atoms with Gasteiger partial charge in [-0.15, -0.1) is 0 Å². The number of fused-ring (bicyclic) bond motifs is 1. The average molecular weight is 458 g/mol. The third-order valence-electron chi connectivity index (χ3n) is 6.81. The van der Waals surface area contributed by atoms with E-state index in [1.807, 2.05) is 45.0 Å². The van der Waals surface area contributed by atoms with E-state index < -0.39 is 0 Å². The number of aromatic nitrogens is 2. The molecule has 0 spiro atoms. The Bertz CT molecular complexity index is 1520. The molecular formula is C27H27N3O4. The van der Waals surface area contributed by atoms with E-state index in [0.29, 0.717) is 53.6 Å². The van der Waals surface area contributed by atoms with Crippen molar-refractivity contribution >= 4 is 39.3 Å². The number of carbonyl (C=O) groups excluding carboxylic acids is 2. The van der Waals surface area contributed by atoms with Crippen LogP contribution in [0, 0.1) is 6.92 Å². The molecule has 5 rings (SSSR count). The number of benzene rings is 3. The van der Waals surface area contributed by atoms with Crippen molar-refractivity contribution in [3.8, 4) is 0 Å². The van der Waals surface area contributed by atoms with Crippen molar-refractivity contribution in [1.82, 2.24) is 9.13 Å². The lowest BCUT2D eigenvalue weighted by atomic mass is 9.89. The van der Waals surface area contributed by atoms with Gasteiger partial charge in [0, 0.05) is 36.2 Å². The van der Waals surface area contributed by atoms with E-state index in [-0.39, 0.29) is 24.1 Å². The third kappa shape index (κ3) is 3.04. The number of carbonyl (C=O) groups is 2. The standard InChI is InChI=1S/C27H27N3O4/c1-4-28-22-14-16(3)21(15-23(22)29(5-2)27(28)34)30-25(32)19-10-6-9-18-17(8-7-13-31)11-12-20(24(18)19)26(30)33/h6,9-12,14-15,31H,4-5,7-8,13H2,1-3H3. The lowest BCUT2D eigenvalue weighted by Crippen LogP contribution is -2.41. The predicted molar refractivity (Wildman–Crippen MR) is 133 cm³/mol. The Morgan fingerprint density at radius 3 is 2.15 bits per heavy atom. The topological polar surface area (TPSA) is 84.5 Å². The van der Waals surface area contributed by atoms with Gasteiger partial charge in [-0.3, -0.25) is 18.7 Å². The molecule has 0 bridgehead atoms. The Labute approximate surface area is 196 Å². The van der Waals surface area contributed by atoms with E-state index in [0.717, 1.165) is 22.0 Å². The summed E-state index contributed by atoms with van der Waals surface area (Å²) < 4.78 is 3.38. The van der Waals surface area contributed by atoms with Crippen LogP contribution in [0.2, 0.25) is 0 Å². The first-order valence-electron chi connectivity index (χ1n) is 11.7. The van der Waals surface area contributed by atoms with Gasteiger partial charge in [-0.1, -0.05) is 18.2 Å². The van der Waals surface area contributed by atoms with E-state index in [4.69, 9.17) is 0 Å². The number of aliphatic hydroxyl groups excluding tert-OH is 1. The van der Waals surface area contributed by atoms with Crippen LogP contribution in [-0.2, 0) is 19.5 Å². The molecule has 0 saturated heterocycles. The van der Waals surface area contributed by atoms with E-state index in [2.05, 4.69) is 0 Å². The maximum atomic E-state index is 13.7. The minimum atomic E-state index is -0.370. The summed E-state index contributed by atoms with van der Waals surface area (Å²) in [5.74, 6) is -0.740. The van der Waals surface area contributed by atoms with Crippen LogP contribution in [-0.4, -0.2) is 32.7 Å². The summed E-state index contributed by atoms with van der Waals surface area (Å²) in [4.78, 5) is 41.5. The minimum absolute atomic E-state index is 0.0823. The van der Waals surface area contributed by atoms with E-state index >= 15 is 0 Å². The molecule has 34 heavy (non-hydrogen) atoms.